The van der Waals surface area contributed by atoms with E-state index in [1.165, 1.54) is 0 Å². The Balaban J connectivity index is 4.21. The summed E-state index contributed by atoms with van der Waals surface area (Å²) in [6, 6.07) is 0.916. The highest BCUT2D eigenvalue weighted by Crippen LogP contribution is 2.17. The molecular formula is C6H21ClO3Si4. The van der Waals surface area contributed by atoms with E-state index in [2.05, 4.69) is 19.6 Å². The third-order valence-electron chi connectivity index (χ3n) is 1.71. The predicted octanol–water partition coefficient (Wildman–Crippen LogP) is -0.000300. The molecule has 0 unspecified atom stereocenters. The third-order valence-corrected chi connectivity index (χ3v) is 11.7. The maximum Gasteiger partial charge on any atom is 0.468 e. The van der Waals surface area contributed by atoms with Crippen LogP contribution in [-0.2, 0) is 12.3 Å². The molecule has 0 aromatic rings. The first-order valence-electron chi connectivity index (χ1n) is 5.22. The Bertz CT molecular complexity index is 123. The summed E-state index contributed by atoms with van der Waals surface area (Å²) in [6.07, 6.45) is 0.949. The molecule has 86 valence electrons. The second-order valence-electron chi connectivity index (χ2n) is 2.77. The topological polar surface area (TPSA) is 27.7 Å². The van der Waals surface area contributed by atoms with Gasteiger partial charge in [0.05, 0.1) is 0 Å². The van der Waals surface area contributed by atoms with Crippen LogP contribution in [-0.4, -0.2) is 44.0 Å². The first-order chi connectivity index (χ1) is 6.74. The first-order valence-corrected chi connectivity index (χ1v) is 13.7. The molecule has 0 spiro atoms. The number of hydrogen-bond acceptors (Lipinski definition) is 3. The van der Waals surface area contributed by atoms with E-state index >= 15 is 0 Å². The van der Waals surface area contributed by atoms with E-state index < -0.39 is 38.1 Å². The Morgan fingerprint density at radius 2 is 1.43 bits per heavy atom. The average molecular weight is 289 g/mol. The van der Waals surface area contributed by atoms with Gasteiger partial charge in [0.25, 0.3) is 0 Å². The van der Waals surface area contributed by atoms with Crippen LogP contribution in [0.25, 0.3) is 0 Å². The fourth-order valence-electron chi connectivity index (χ4n) is 1.28. The zero-order valence-electron chi connectivity index (χ0n) is 9.35. The molecule has 14 heavy (non-hydrogen) atoms. The van der Waals surface area contributed by atoms with Crippen molar-refractivity contribution < 1.29 is 12.3 Å². The van der Waals surface area contributed by atoms with Crippen molar-refractivity contribution in [1.82, 2.24) is 0 Å². The lowest BCUT2D eigenvalue weighted by Gasteiger charge is -2.29. The van der Waals surface area contributed by atoms with Gasteiger partial charge in [0, 0.05) is 11.9 Å². The van der Waals surface area contributed by atoms with Crippen LogP contribution in [0.1, 0.15) is 6.42 Å². The molecule has 3 nitrogen and oxygen atoms in total. The molecular weight excluding hydrogens is 268 g/mol. The van der Waals surface area contributed by atoms with E-state index in [4.69, 9.17) is 23.9 Å². The van der Waals surface area contributed by atoms with Crippen molar-refractivity contribution in [2.75, 3.05) is 5.88 Å². The zero-order chi connectivity index (χ0) is 10.9. The van der Waals surface area contributed by atoms with Gasteiger partial charge in [-0.2, -0.15) is 0 Å². The zero-order valence-corrected chi connectivity index (χ0v) is 15.3. The number of halogens is 1. The molecule has 0 aliphatic heterocycles. The Morgan fingerprint density at radius 3 is 1.71 bits per heavy atom. The minimum atomic E-state index is -2.22. The van der Waals surface area contributed by atoms with Gasteiger partial charge in [-0.05, 0) is 6.42 Å². The second-order valence-corrected chi connectivity index (χ2v) is 10.2. The molecule has 0 aromatic heterocycles. The van der Waals surface area contributed by atoms with Gasteiger partial charge in [-0.15, -0.1) is 11.6 Å². The maximum absolute atomic E-state index is 5.86. The fourth-order valence-corrected chi connectivity index (χ4v) is 12.5. The molecule has 0 fully saturated rings. The summed E-state index contributed by atoms with van der Waals surface area (Å²) in [5.74, 6) is 0.673. The van der Waals surface area contributed by atoms with Gasteiger partial charge >= 0.3 is 8.80 Å². The van der Waals surface area contributed by atoms with Crippen LogP contribution >= 0.6 is 11.6 Å². The number of rotatable bonds is 9. The van der Waals surface area contributed by atoms with Crippen LogP contribution in [0.3, 0.4) is 0 Å². The summed E-state index contributed by atoms with van der Waals surface area (Å²) in [5, 5.41) is 0. The van der Waals surface area contributed by atoms with Gasteiger partial charge in [0.1, 0.15) is 29.3 Å². The van der Waals surface area contributed by atoms with Gasteiger partial charge in [0.15, 0.2) is 0 Å². The van der Waals surface area contributed by atoms with E-state index in [1.807, 2.05) is 0 Å². The van der Waals surface area contributed by atoms with Crippen molar-refractivity contribution in [3.05, 3.63) is 0 Å². The maximum atomic E-state index is 5.86. The lowest BCUT2D eigenvalue weighted by molar-refractivity contribution is 0.281. The third kappa shape index (κ3) is 5.81. The first kappa shape index (κ1) is 15.0. The molecule has 0 aliphatic carbocycles. The Morgan fingerprint density at radius 1 is 1.00 bits per heavy atom. The van der Waals surface area contributed by atoms with E-state index in [-0.39, 0.29) is 0 Å². The monoisotopic (exact) mass is 288 g/mol. The highest BCUT2D eigenvalue weighted by molar-refractivity contribution is 6.73. The molecule has 0 saturated carbocycles. The quantitative estimate of drug-likeness (QED) is 0.442. The number of hydrogen-bond donors (Lipinski definition) is 0. The van der Waals surface area contributed by atoms with Crippen molar-refractivity contribution in [2.24, 2.45) is 0 Å². The van der Waals surface area contributed by atoms with Crippen LogP contribution in [0.4, 0.5) is 0 Å². The minimum absolute atomic E-state index is 0.446. The van der Waals surface area contributed by atoms with Gasteiger partial charge < -0.3 is 12.3 Å². The van der Waals surface area contributed by atoms with Gasteiger partial charge in [-0.3, -0.25) is 0 Å². The molecule has 0 N–H and O–H groups in total. The minimum Gasteiger partial charge on any atom is -0.423 e. The average Bonchev–Trinajstić information content (AvgIpc) is 2.16. The molecule has 0 aromatic carbocycles. The highest BCUT2D eigenvalue weighted by atomic mass is 35.5. The smallest absolute Gasteiger partial charge is 0.423 e. The van der Waals surface area contributed by atoms with Crippen LogP contribution in [0.5, 0.6) is 0 Å². The van der Waals surface area contributed by atoms with Gasteiger partial charge in [0.2, 0.25) is 0 Å². The van der Waals surface area contributed by atoms with Crippen molar-refractivity contribution >= 4 is 49.7 Å². The van der Waals surface area contributed by atoms with Crippen LogP contribution in [0, 0.1) is 0 Å². The van der Waals surface area contributed by atoms with Crippen LogP contribution < -0.4 is 0 Å². The summed E-state index contributed by atoms with van der Waals surface area (Å²) >= 11 is 5.70. The second kappa shape index (κ2) is 9.28. The normalized spacial score (nSPS) is 18.0. The van der Waals surface area contributed by atoms with Crippen LogP contribution in [0.15, 0.2) is 0 Å². The van der Waals surface area contributed by atoms with E-state index in [1.54, 1.807) is 0 Å². The Hall–Kier alpha value is 1.04. The molecule has 0 bridgehead atoms. The molecule has 0 saturated heterocycles. The van der Waals surface area contributed by atoms with Gasteiger partial charge in [-0.1, -0.05) is 19.6 Å². The largest absolute Gasteiger partial charge is 0.468 e. The SMILES string of the molecule is C[SiH2]O[Si](CCCCl)(O[SiH2]C)O[SiH2]C. The summed E-state index contributed by atoms with van der Waals surface area (Å²) in [5.41, 5.74) is 0. The van der Waals surface area contributed by atoms with Crippen molar-refractivity contribution in [2.45, 2.75) is 32.1 Å². The summed E-state index contributed by atoms with van der Waals surface area (Å²) in [6.45, 7) is 6.39. The summed E-state index contributed by atoms with van der Waals surface area (Å²) in [7, 11) is -3.55. The van der Waals surface area contributed by atoms with Crippen LogP contribution in [0.2, 0.25) is 25.7 Å². The summed E-state index contributed by atoms with van der Waals surface area (Å²) < 4.78 is 17.6. The molecule has 0 atom stereocenters. The molecule has 8 heteroatoms. The Labute approximate surface area is 100 Å². The highest BCUT2D eigenvalue weighted by Gasteiger charge is 2.37. The molecule has 0 aliphatic rings. The van der Waals surface area contributed by atoms with E-state index in [9.17, 15) is 0 Å². The molecule has 0 heterocycles. The summed E-state index contributed by atoms with van der Waals surface area (Å²) in [4.78, 5) is 0. The van der Waals surface area contributed by atoms with E-state index in [0.717, 1.165) is 12.5 Å². The number of alkyl halides is 1. The van der Waals surface area contributed by atoms with Crippen molar-refractivity contribution in [1.29, 1.82) is 0 Å². The predicted molar refractivity (Wildman–Crippen MR) is 72.4 cm³/mol. The Kier molecular flexibility index (Phi) is 9.96. The van der Waals surface area contributed by atoms with E-state index in [0.29, 0.717) is 5.88 Å². The molecule has 0 amide bonds. The lowest BCUT2D eigenvalue weighted by atomic mass is 10.6. The molecule has 0 rings (SSSR count). The van der Waals surface area contributed by atoms with Crippen molar-refractivity contribution in [3.63, 3.8) is 0 Å². The standard InChI is InChI=1S/C6H21ClO3Si4/c1-11-8-14(9-12-2,10-13-3)6-4-5-7/h4-6,11-13H2,1-3H3. The molecule has 0 radical (unpaired) electrons. The lowest BCUT2D eigenvalue weighted by Crippen LogP contribution is -2.47. The van der Waals surface area contributed by atoms with Gasteiger partial charge in [-0.25, -0.2) is 0 Å². The van der Waals surface area contributed by atoms with Crippen molar-refractivity contribution in [3.8, 4) is 0 Å². The fraction of sp³-hybridized carbons (Fsp3) is 1.00.